The summed E-state index contributed by atoms with van der Waals surface area (Å²) < 4.78 is 15.5. The molecule has 0 saturated carbocycles. The Morgan fingerprint density at radius 1 is 1.07 bits per heavy atom. The van der Waals surface area contributed by atoms with E-state index in [0.717, 1.165) is 18.4 Å². The van der Waals surface area contributed by atoms with Gasteiger partial charge in [0.2, 0.25) is 6.29 Å². The Hall–Kier alpha value is -2.47. The molecule has 0 unspecified atom stereocenters. The highest BCUT2D eigenvalue weighted by molar-refractivity contribution is 5.65. The zero-order valence-electron chi connectivity index (χ0n) is 17.1. The monoisotopic (exact) mass is 398 g/mol. The Morgan fingerprint density at radius 3 is 2.48 bits per heavy atom. The summed E-state index contributed by atoms with van der Waals surface area (Å²) in [6.07, 6.45) is 12.9. The van der Waals surface area contributed by atoms with Gasteiger partial charge in [-0.15, -0.1) is 0 Å². The van der Waals surface area contributed by atoms with Crippen LogP contribution in [0.15, 0.2) is 36.7 Å². The molecule has 0 bridgehead atoms. The second-order valence-corrected chi connectivity index (χ2v) is 7.37. The molecule has 1 aliphatic heterocycles. The van der Waals surface area contributed by atoms with Crippen molar-refractivity contribution in [3.05, 3.63) is 42.2 Å². The Labute approximate surface area is 172 Å². The van der Waals surface area contributed by atoms with Crippen molar-refractivity contribution in [3.8, 4) is 17.1 Å². The summed E-state index contributed by atoms with van der Waals surface area (Å²) in [4.78, 5) is 20.7. The molecule has 0 amide bonds. The Balaban J connectivity index is 1.44. The first-order chi connectivity index (χ1) is 14.2. The maximum atomic E-state index is 11.8. The quantitative estimate of drug-likeness (QED) is 0.290. The number of benzene rings is 1. The lowest BCUT2D eigenvalue weighted by atomic mass is 10.1. The fraction of sp³-hybridized carbons (Fsp3) is 0.522. The lowest BCUT2D eigenvalue weighted by molar-refractivity contribution is -0.0809. The van der Waals surface area contributed by atoms with Gasteiger partial charge in [0, 0.05) is 24.4 Å². The SMILES string of the molecule is CCCCCCCCc1cnc(-c2ccc(OC(=O)O[C@@H]3CCCO3)cc2)nc1. The number of carbonyl (C=O) groups excluding carboxylic acids is 1. The Morgan fingerprint density at radius 2 is 1.79 bits per heavy atom. The number of hydrogen-bond donors (Lipinski definition) is 0. The fourth-order valence-corrected chi connectivity index (χ4v) is 3.28. The molecule has 0 spiro atoms. The molecule has 1 atom stereocenters. The van der Waals surface area contributed by atoms with E-state index in [1.807, 2.05) is 24.5 Å². The molecule has 3 rings (SSSR count). The van der Waals surface area contributed by atoms with Gasteiger partial charge >= 0.3 is 6.16 Å². The van der Waals surface area contributed by atoms with E-state index in [-0.39, 0.29) is 0 Å². The number of nitrogens with zero attached hydrogens (tertiary/aromatic N) is 2. The molecule has 2 aromatic rings. The third kappa shape index (κ3) is 7.13. The standard InChI is InChI=1S/C23H30N2O4/c1-2-3-4-5-6-7-9-18-16-24-22(25-17-18)19-11-13-20(14-12-19)28-23(26)29-21-10-8-15-27-21/h11-14,16-17,21H,2-10,15H2,1H3/t21-/m1/s1. The van der Waals surface area contributed by atoms with Crippen molar-refractivity contribution < 1.29 is 19.0 Å². The van der Waals surface area contributed by atoms with Crippen LogP contribution in [-0.2, 0) is 15.9 Å². The molecule has 0 N–H and O–H groups in total. The third-order valence-electron chi connectivity index (χ3n) is 4.95. The molecule has 1 aliphatic rings. The zero-order chi connectivity index (χ0) is 20.3. The summed E-state index contributed by atoms with van der Waals surface area (Å²) in [6.45, 7) is 2.85. The van der Waals surface area contributed by atoms with Crippen molar-refractivity contribution in [2.45, 2.75) is 71.0 Å². The lowest BCUT2D eigenvalue weighted by Crippen LogP contribution is -2.19. The summed E-state index contributed by atoms with van der Waals surface area (Å²) in [5.74, 6) is 1.07. The summed E-state index contributed by atoms with van der Waals surface area (Å²) in [5, 5.41) is 0. The molecule has 6 nitrogen and oxygen atoms in total. The van der Waals surface area contributed by atoms with Crippen molar-refractivity contribution in [1.82, 2.24) is 9.97 Å². The van der Waals surface area contributed by atoms with E-state index in [1.165, 1.54) is 44.1 Å². The topological polar surface area (TPSA) is 70.5 Å². The van der Waals surface area contributed by atoms with Crippen LogP contribution in [0.3, 0.4) is 0 Å². The average molecular weight is 399 g/mol. The second-order valence-electron chi connectivity index (χ2n) is 7.37. The van der Waals surface area contributed by atoms with Gasteiger partial charge in [-0.1, -0.05) is 39.0 Å². The first-order valence-corrected chi connectivity index (χ1v) is 10.7. The van der Waals surface area contributed by atoms with Crippen molar-refractivity contribution in [1.29, 1.82) is 0 Å². The molecule has 2 heterocycles. The minimum absolute atomic E-state index is 0.413. The highest BCUT2D eigenvalue weighted by Gasteiger charge is 2.21. The molecule has 1 aromatic heterocycles. The first kappa shape index (κ1) is 21.2. The van der Waals surface area contributed by atoms with Crippen molar-refractivity contribution >= 4 is 6.16 Å². The summed E-state index contributed by atoms with van der Waals surface area (Å²) in [6, 6.07) is 7.08. The molecular formula is C23H30N2O4. The van der Waals surface area contributed by atoms with Crippen LogP contribution < -0.4 is 4.74 Å². The summed E-state index contributed by atoms with van der Waals surface area (Å²) in [5.41, 5.74) is 2.04. The van der Waals surface area contributed by atoms with Crippen LogP contribution >= 0.6 is 0 Å². The molecule has 1 saturated heterocycles. The summed E-state index contributed by atoms with van der Waals surface area (Å²) in [7, 11) is 0. The smallest absolute Gasteiger partial charge is 0.404 e. The summed E-state index contributed by atoms with van der Waals surface area (Å²) >= 11 is 0. The van der Waals surface area contributed by atoms with Crippen molar-refractivity contribution in [3.63, 3.8) is 0 Å². The van der Waals surface area contributed by atoms with Crippen LogP contribution in [0, 0.1) is 0 Å². The van der Waals surface area contributed by atoms with Crippen LogP contribution in [0.4, 0.5) is 4.79 Å². The van der Waals surface area contributed by atoms with E-state index in [2.05, 4.69) is 16.9 Å². The lowest BCUT2D eigenvalue weighted by Gasteiger charge is -2.11. The van der Waals surface area contributed by atoms with Gasteiger partial charge in [0.1, 0.15) is 5.75 Å². The number of rotatable bonds is 10. The van der Waals surface area contributed by atoms with Gasteiger partial charge in [-0.05, 0) is 49.1 Å². The third-order valence-corrected chi connectivity index (χ3v) is 4.95. The fourth-order valence-electron chi connectivity index (χ4n) is 3.28. The number of ether oxygens (including phenoxy) is 3. The van der Waals surface area contributed by atoms with Gasteiger partial charge in [0.05, 0.1) is 6.61 Å². The van der Waals surface area contributed by atoms with E-state index < -0.39 is 12.4 Å². The average Bonchev–Trinajstić information content (AvgIpc) is 3.24. The Bertz CT molecular complexity index is 740. The highest BCUT2D eigenvalue weighted by atomic mass is 16.8. The van der Waals surface area contributed by atoms with Gasteiger partial charge < -0.3 is 14.2 Å². The first-order valence-electron chi connectivity index (χ1n) is 10.7. The predicted octanol–water partition coefficient (Wildman–Crippen LogP) is 5.70. The maximum absolute atomic E-state index is 11.8. The van der Waals surface area contributed by atoms with Gasteiger partial charge in [-0.2, -0.15) is 0 Å². The molecule has 0 aliphatic carbocycles. The van der Waals surface area contributed by atoms with Crippen LogP contribution in [0.25, 0.3) is 11.4 Å². The number of hydrogen-bond acceptors (Lipinski definition) is 6. The van der Waals surface area contributed by atoms with Gasteiger partial charge in [-0.3, -0.25) is 0 Å². The largest absolute Gasteiger partial charge is 0.516 e. The van der Waals surface area contributed by atoms with Crippen molar-refractivity contribution in [2.24, 2.45) is 0 Å². The number of unbranched alkanes of at least 4 members (excludes halogenated alkanes) is 5. The number of aromatic nitrogens is 2. The van der Waals surface area contributed by atoms with Crippen molar-refractivity contribution in [2.75, 3.05) is 6.61 Å². The number of carbonyl (C=O) groups is 1. The van der Waals surface area contributed by atoms with Gasteiger partial charge in [0.15, 0.2) is 5.82 Å². The van der Waals surface area contributed by atoms with E-state index in [0.29, 0.717) is 24.6 Å². The molecular weight excluding hydrogens is 368 g/mol. The molecule has 1 fully saturated rings. The number of aryl methyl sites for hydroxylation is 1. The second kappa shape index (κ2) is 11.5. The van der Waals surface area contributed by atoms with E-state index in [1.54, 1.807) is 12.1 Å². The van der Waals surface area contributed by atoms with Crippen LogP contribution in [0.2, 0.25) is 0 Å². The minimum Gasteiger partial charge on any atom is -0.404 e. The molecule has 0 radical (unpaired) electrons. The molecule has 156 valence electrons. The minimum atomic E-state index is -0.750. The normalized spacial score (nSPS) is 16.0. The van der Waals surface area contributed by atoms with E-state index in [4.69, 9.17) is 14.2 Å². The molecule has 29 heavy (non-hydrogen) atoms. The van der Waals surface area contributed by atoms with Gasteiger partial charge in [0.25, 0.3) is 0 Å². The van der Waals surface area contributed by atoms with Gasteiger partial charge in [-0.25, -0.2) is 14.8 Å². The predicted molar refractivity (Wildman–Crippen MR) is 111 cm³/mol. The van der Waals surface area contributed by atoms with Crippen LogP contribution in [-0.4, -0.2) is 29.0 Å². The van der Waals surface area contributed by atoms with Crippen LogP contribution in [0.1, 0.15) is 63.9 Å². The zero-order valence-corrected chi connectivity index (χ0v) is 17.1. The molecule has 1 aromatic carbocycles. The van der Waals surface area contributed by atoms with Crippen LogP contribution in [0.5, 0.6) is 5.75 Å². The highest BCUT2D eigenvalue weighted by Crippen LogP contribution is 2.21. The maximum Gasteiger partial charge on any atom is 0.516 e. The van der Waals surface area contributed by atoms with E-state index >= 15 is 0 Å². The van der Waals surface area contributed by atoms with E-state index in [9.17, 15) is 4.79 Å². The molecule has 6 heteroatoms. The Kier molecular flexibility index (Phi) is 8.43.